The van der Waals surface area contributed by atoms with Crippen molar-refractivity contribution in [2.24, 2.45) is 4.99 Å². The van der Waals surface area contributed by atoms with Gasteiger partial charge < -0.3 is 4.74 Å². The minimum Gasteiger partial charge on any atom is -0.470 e. The smallest absolute Gasteiger partial charge is 0.306 e. The molecule has 51 heavy (non-hydrogen) atoms. The number of nitriles is 1. The Labute approximate surface area is 302 Å². The van der Waals surface area contributed by atoms with Crippen molar-refractivity contribution in [1.29, 1.82) is 5.26 Å². The number of hydrogen-bond acceptors (Lipinski definition) is 6. The summed E-state index contributed by atoms with van der Waals surface area (Å²) in [5.74, 6) is 0.719. The molecule has 8 rings (SSSR count). The molecule has 6 aromatic carbocycles. The van der Waals surface area contributed by atoms with E-state index in [0.717, 1.165) is 39.3 Å². The fraction of sp³-hybridized carbons (Fsp3) is 0.136. The number of hydrogen-bond donors (Lipinski definition) is 0. The summed E-state index contributed by atoms with van der Waals surface area (Å²) < 4.78 is 30.1. The van der Waals surface area contributed by atoms with E-state index >= 15 is 0 Å². The van der Waals surface area contributed by atoms with Gasteiger partial charge in [-0.3, -0.25) is 4.18 Å². The van der Waals surface area contributed by atoms with Gasteiger partial charge in [0.05, 0.1) is 6.07 Å². The predicted molar refractivity (Wildman–Crippen MR) is 201 cm³/mol. The maximum Gasteiger partial charge on any atom is 0.306 e. The average Bonchev–Trinajstić information content (AvgIpc) is 3.75. The lowest BCUT2D eigenvalue weighted by Crippen LogP contribution is -2.33. The van der Waals surface area contributed by atoms with Crippen molar-refractivity contribution < 1.29 is 17.3 Å². The summed E-state index contributed by atoms with van der Waals surface area (Å²) in [6, 6.07) is 62.3. The molecule has 0 aliphatic carbocycles. The number of rotatable bonds is 6. The number of aliphatic imine (C=N–C) groups is 1. The summed E-state index contributed by atoms with van der Waals surface area (Å²) in [5, 5.41) is 7.32. The lowest BCUT2D eigenvalue weighted by Gasteiger charge is -2.33. The van der Waals surface area contributed by atoms with Crippen molar-refractivity contribution in [2.75, 3.05) is 0 Å². The Hall–Kier alpha value is -5.65. The van der Waals surface area contributed by atoms with Gasteiger partial charge >= 0.3 is 11.4 Å². The van der Waals surface area contributed by atoms with Gasteiger partial charge in [0.15, 0.2) is 23.1 Å². The van der Waals surface area contributed by atoms with Crippen LogP contribution in [0.25, 0.3) is 0 Å². The van der Waals surface area contributed by atoms with Crippen LogP contribution in [0.3, 0.4) is 0 Å². The third kappa shape index (κ3) is 7.30. The molecule has 1 saturated heterocycles. The molecule has 0 spiro atoms. The minimum absolute atomic E-state index is 0.177. The molecule has 6 nitrogen and oxygen atoms in total. The lowest BCUT2D eigenvalue weighted by atomic mass is 9.76. The van der Waals surface area contributed by atoms with Crippen molar-refractivity contribution in [3.63, 3.8) is 0 Å². The Morgan fingerprint density at radius 1 is 0.569 bits per heavy atom. The molecule has 0 aromatic heterocycles. The normalized spacial score (nSPS) is 19.5. The van der Waals surface area contributed by atoms with Crippen LogP contribution in [0, 0.1) is 11.3 Å². The van der Waals surface area contributed by atoms with Gasteiger partial charge in [0.25, 0.3) is 0 Å². The van der Waals surface area contributed by atoms with E-state index in [1.165, 1.54) is 6.92 Å². The monoisotopic (exact) mass is 690 g/mol. The van der Waals surface area contributed by atoms with Crippen LogP contribution in [0.1, 0.15) is 59.4 Å². The van der Waals surface area contributed by atoms with E-state index in [-0.39, 0.29) is 6.10 Å². The molecule has 254 valence electrons. The molecule has 6 aromatic rings. The molecule has 0 radical (unpaired) electrons. The maximum atomic E-state index is 12.3. The molecule has 1 fully saturated rings. The first kappa shape index (κ1) is 35.2. The molecule has 2 aliphatic rings. The first-order valence-corrected chi connectivity index (χ1v) is 17.7. The molecule has 2 aliphatic heterocycles. The highest BCUT2D eigenvalue weighted by molar-refractivity contribution is 7.75. The standard InChI is InChI=1S/C22H19NO.C20H16O3S.C2H3N/c1-17-23-22(19-13-7-3-8-14-19,20-15-9-4-10-16-20)21(24-17)18-11-5-2-6-12-18;21-24-22-19(16-10-4-1-5-11-16)20(23-24,17-12-6-2-7-13-17)18-14-8-3-9-15-18;1-2-3/h2-16,21H,1H3;1-15,19H;1H3/t21-;19-,24?;/m11./s1. The predicted octanol–water partition coefficient (Wildman–Crippen LogP) is 9.95. The highest BCUT2D eigenvalue weighted by atomic mass is 32.2. The van der Waals surface area contributed by atoms with E-state index in [9.17, 15) is 4.21 Å². The van der Waals surface area contributed by atoms with Crippen LogP contribution in [0.4, 0.5) is 0 Å². The van der Waals surface area contributed by atoms with Gasteiger partial charge in [-0.25, -0.2) is 9.18 Å². The van der Waals surface area contributed by atoms with E-state index in [1.54, 1.807) is 6.07 Å². The van der Waals surface area contributed by atoms with E-state index in [1.807, 2.05) is 128 Å². The summed E-state index contributed by atoms with van der Waals surface area (Å²) in [7, 11) is 0. The second-order valence-electron chi connectivity index (χ2n) is 11.9. The summed E-state index contributed by atoms with van der Waals surface area (Å²) in [6.45, 7) is 3.36. The Kier molecular flexibility index (Phi) is 11.3. The highest BCUT2D eigenvalue weighted by Crippen LogP contribution is 2.52. The van der Waals surface area contributed by atoms with Crippen LogP contribution in [-0.4, -0.2) is 10.1 Å². The molecular formula is C44H38N2O4S. The van der Waals surface area contributed by atoms with E-state index < -0.39 is 28.6 Å². The maximum absolute atomic E-state index is 12.3. The van der Waals surface area contributed by atoms with Gasteiger partial charge in [0, 0.05) is 13.8 Å². The number of benzene rings is 6. The number of nitrogens with zero attached hydrogens (tertiary/aromatic N) is 2. The van der Waals surface area contributed by atoms with E-state index in [4.69, 9.17) is 23.4 Å². The Balaban J connectivity index is 0.000000163. The molecule has 0 N–H and O–H groups in total. The molecule has 7 heteroatoms. The lowest BCUT2D eigenvalue weighted by molar-refractivity contribution is 0.0737. The van der Waals surface area contributed by atoms with Gasteiger partial charge in [0.2, 0.25) is 0 Å². The molecule has 2 heterocycles. The van der Waals surface area contributed by atoms with Crippen molar-refractivity contribution >= 4 is 17.3 Å². The Bertz CT molecular complexity index is 1990. The van der Waals surface area contributed by atoms with E-state index in [2.05, 4.69) is 60.7 Å². The second kappa shape index (κ2) is 16.4. The molecule has 0 saturated carbocycles. The molecule has 3 atom stereocenters. The Morgan fingerprint density at radius 3 is 1.29 bits per heavy atom. The quantitative estimate of drug-likeness (QED) is 0.174. The van der Waals surface area contributed by atoms with Gasteiger partial charge in [-0.15, -0.1) is 0 Å². The average molecular weight is 691 g/mol. The fourth-order valence-electron chi connectivity index (χ4n) is 6.68. The van der Waals surface area contributed by atoms with Crippen LogP contribution < -0.4 is 0 Å². The molecular weight excluding hydrogens is 653 g/mol. The SMILES string of the molecule is CC#N.CC1=NC(c2ccccc2)(c2ccccc2)[C@@H](c2ccccc2)O1.O=S1O[C@H](c2ccccc2)C(c2ccccc2)(c2ccccc2)O1. The summed E-state index contributed by atoms with van der Waals surface area (Å²) >= 11 is -1.82. The van der Waals surface area contributed by atoms with Crippen molar-refractivity contribution in [2.45, 2.75) is 37.2 Å². The van der Waals surface area contributed by atoms with Crippen LogP contribution in [0.15, 0.2) is 187 Å². The highest BCUT2D eigenvalue weighted by Gasteiger charge is 2.53. The van der Waals surface area contributed by atoms with Gasteiger partial charge in [-0.1, -0.05) is 182 Å². The van der Waals surface area contributed by atoms with Crippen LogP contribution in [-0.2, 0) is 35.6 Å². The first-order valence-electron chi connectivity index (χ1n) is 16.7. The molecule has 1 unspecified atom stereocenters. The number of ether oxygens (including phenoxy) is 1. The van der Waals surface area contributed by atoms with Gasteiger partial charge in [-0.05, 0) is 33.4 Å². The second-order valence-corrected chi connectivity index (χ2v) is 12.7. The van der Waals surface area contributed by atoms with Crippen LogP contribution in [0.2, 0.25) is 0 Å². The zero-order chi connectivity index (χ0) is 35.5. The molecule has 0 amide bonds. The van der Waals surface area contributed by atoms with Crippen LogP contribution in [0.5, 0.6) is 0 Å². The zero-order valence-corrected chi connectivity index (χ0v) is 29.2. The topological polar surface area (TPSA) is 80.9 Å². The van der Waals surface area contributed by atoms with Crippen molar-refractivity contribution in [1.82, 2.24) is 0 Å². The van der Waals surface area contributed by atoms with Crippen molar-refractivity contribution in [3.8, 4) is 6.07 Å². The summed E-state index contributed by atoms with van der Waals surface area (Å²) in [5.41, 5.74) is 4.65. The fourth-order valence-corrected chi connectivity index (χ4v) is 7.62. The summed E-state index contributed by atoms with van der Waals surface area (Å²) in [4.78, 5) is 5.01. The van der Waals surface area contributed by atoms with Gasteiger partial charge in [-0.2, -0.15) is 9.47 Å². The van der Waals surface area contributed by atoms with Gasteiger partial charge in [0.1, 0.15) is 6.10 Å². The largest absolute Gasteiger partial charge is 0.470 e. The zero-order valence-electron chi connectivity index (χ0n) is 28.4. The third-order valence-electron chi connectivity index (χ3n) is 8.78. The summed E-state index contributed by atoms with van der Waals surface area (Å²) in [6.07, 6.45) is -0.673. The van der Waals surface area contributed by atoms with Crippen LogP contribution >= 0.6 is 0 Å². The minimum atomic E-state index is -1.82. The first-order chi connectivity index (χ1) is 25.0. The third-order valence-corrected chi connectivity index (χ3v) is 9.53. The van der Waals surface area contributed by atoms with E-state index in [0.29, 0.717) is 0 Å². The molecule has 0 bridgehead atoms. The Morgan fingerprint density at radius 2 is 0.902 bits per heavy atom. The van der Waals surface area contributed by atoms with Crippen molar-refractivity contribution in [3.05, 3.63) is 215 Å².